The molecule has 1 heterocycles. The van der Waals surface area contributed by atoms with Gasteiger partial charge in [-0.2, -0.15) is 5.10 Å². The van der Waals surface area contributed by atoms with Gasteiger partial charge in [0.25, 0.3) is 0 Å². The molecule has 1 atom stereocenters. The summed E-state index contributed by atoms with van der Waals surface area (Å²) in [6.07, 6.45) is 5.83. The summed E-state index contributed by atoms with van der Waals surface area (Å²) in [6.45, 7) is 2.85. The van der Waals surface area contributed by atoms with Crippen LogP contribution in [0.3, 0.4) is 0 Å². The van der Waals surface area contributed by atoms with E-state index < -0.39 is 13.9 Å². The molecule has 0 radical (unpaired) electrons. The Labute approximate surface area is 143 Å². The number of unbranched alkanes of at least 4 members (excludes halogenated alkanes) is 3. The van der Waals surface area contributed by atoms with E-state index in [0.717, 1.165) is 12.8 Å². The third-order valence-corrected chi connectivity index (χ3v) is 5.50. The maximum absolute atomic E-state index is 6.23. The van der Waals surface area contributed by atoms with Crippen LogP contribution < -0.4 is 0 Å². The lowest BCUT2D eigenvalue weighted by Gasteiger charge is -2.38. The highest BCUT2D eigenvalue weighted by molar-refractivity contribution is 6.75. The van der Waals surface area contributed by atoms with Gasteiger partial charge < -0.3 is 0 Å². The zero-order chi connectivity index (χ0) is 14.7. The molecule has 1 aliphatic heterocycles. The quantitative estimate of drug-likeness (QED) is 0.355. The minimum Gasteiger partial charge on any atom is -0.291 e. The highest BCUT2D eigenvalue weighted by Crippen LogP contribution is 2.49. The molecule has 0 bridgehead atoms. The largest absolute Gasteiger partial charge is 0.291 e. The zero-order valence-electron chi connectivity index (χ0n) is 10.3. The van der Waals surface area contributed by atoms with Crippen LogP contribution in [0.2, 0.25) is 0 Å². The van der Waals surface area contributed by atoms with Crippen molar-refractivity contribution < 1.29 is 0 Å². The normalized spacial score (nSPS) is 20.5. The molecule has 112 valence electrons. The lowest BCUT2D eigenvalue weighted by atomic mass is 10.2. The van der Waals surface area contributed by atoms with E-state index >= 15 is 0 Å². The molecule has 0 saturated heterocycles. The Hall–Kier alpha value is 1.01. The van der Waals surface area contributed by atoms with Crippen molar-refractivity contribution in [1.82, 2.24) is 9.91 Å². The lowest BCUT2D eigenvalue weighted by Crippen LogP contribution is -2.52. The van der Waals surface area contributed by atoms with Crippen LogP contribution in [-0.2, 0) is 0 Å². The highest BCUT2D eigenvalue weighted by atomic mass is 35.6. The molecule has 0 aromatic carbocycles. The number of alkyl halides is 6. The third-order valence-electron chi connectivity index (χ3n) is 2.71. The molecule has 0 N–H and O–H groups in total. The minimum absolute atomic E-state index is 0.674. The molecule has 0 aromatic rings. The summed E-state index contributed by atoms with van der Waals surface area (Å²) < 4.78 is -3.70. The fraction of sp³-hybridized carbons (Fsp3) is 0.900. The Morgan fingerprint density at radius 3 is 2.26 bits per heavy atom. The molecule has 1 aliphatic rings. The zero-order valence-corrected chi connectivity index (χ0v) is 14.8. The topological polar surface area (TPSA) is 18.8 Å². The summed E-state index contributed by atoms with van der Waals surface area (Å²) in [4.78, 5) is 1.31. The van der Waals surface area contributed by atoms with Gasteiger partial charge in [0.1, 0.15) is 6.34 Å². The Bertz CT molecular complexity index is 317. The molecule has 3 nitrogen and oxygen atoms in total. The van der Waals surface area contributed by atoms with Gasteiger partial charge in [-0.25, -0.2) is 0 Å². The molecular formula is C10H15Cl6N3. The SMILES string of the molecule is CCCCCCN1N=CN(C(Cl)(Cl)C(Cl)(Cl)Cl)C1Cl. The van der Waals surface area contributed by atoms with E-state index in [-0.39, 0.29) is 0 Å². The predicted molar refractivity (Wildman–Crippen MR) is 85.5 cm³/mol. The number of rotatable bonds is 6. The number of hydrogen-bond donors (Lipinski definition) is 0. The number of nitrogens with zero attached hydrogens (tertiary/aromatic N) is 3. The Kier molecular flexibility index (Phi) is 6.96. The molecule has 0 fully saturated rings. The third kappa shape index (κ3) is 4.49. The molecular weight excluding hydrogens is 375 g/mol. The van der Waals surface area contributed by atoms with Gasteiger partial charge in [-0.1, -0.05) is 95.8 Å². The van der Waals surface area contributed by atoms with E-state index in [4.69, 9.17) is 69.6 Å². The second-order valence-corrected chi connectivity index (χ2v) is 8.17. The second-order valence-electron chi connectivity index (χ2n) is 4.21. The van der Waals surface area contributed by atoms with Gasteiger partial charge in [0.2, 0.25) is 8.25 Å². The molecule has 1 unspecified atom stereocenters. The van der Waals surface area contributed by atoms with Crippen LogP contribution in [-0.4, -0.2) is 36.7 Å². The monoisotopic (exact) mass is 387 g/mol. The van der Waals surface area contributed by atoms with Gasteiger partial charge in [0.05, 0.1) is 0 Å². The van der Waals surface area contributed by atoms with Crippen molar-refractivity contribution >= 4 is 75.9 Å². The first-order chi connectivity index (χ1) is 8.71. The fourth-order valence-corrected chi connectivity index (χ4v) is 2.60. The van der Waals surface area contributed by atoms with Crippen molar-refractivity contribution in [2.75, 3.05) is 6.54 Å². The number of halogens is 6. The second kappa shape index (κ2) is 7.33. The minimum atomic E-state index is -1.91. The van der Waals surface area contributed by atoms with E-state index in [1.165, 1.54) is 24.1 Å². The van der Waals surface area contributed by atoms with Crippen molar-refractivity contribution in [3.05, 3.63) is 0 Å². The summed E-state index contributed by atoms with van der Waals surface area (Å²) in [6, 6.07) is 0. The van der Waals surface area contributed by atoms with Crippen LogP contribution in [0, 0.1) is 0 Å². The predicted octanol–water partition coefficient (Wildman–Crippen LogP) is 5.15. The van der Waals surface area contributed by atoms with E-state index in [1.807, 2.05) is 0 Å². The van der Waals surface area contributed by atoms with Gasteiger partial charge in [0, 0.05) is 6.54 Å². The summed E-state index contributed by atoms with van der Waals surface area (Å²) in [5.74, 6) is 0. The van der Waals surface area contributed by atoms with Crippen molar-refractivity contribution in [3.8, 4) is 0 Å². The number of hydrogen-bond acceptors (Lipinski definition) is 3. The maximum atomic E-state index is 6.23. The Balaban J connectivity index is 2.56. The van der Waals surface area contributed by atoms with Crippen LogP contribution in [0.4, 0.5) is 0 Å². The van der Waals surface area contributed by atoms with Crippen LogP contribution in [0.1, 0.15) is 32.6 Å². The van der Waals surface area contributed by atoms with Crippen molar-refractivity contribution in [2.45, 2.75) is 46.5 Å². The van der Waals surface area contributed by atoms with Gasteiger partial charge in [-0.3, -0.25) is 9.91 Å². The molecule has 0 spiro atoms. The van der Waals surface area contributed by atoms with E-state index in [2.05, 4.69) is 12.0 Å². The van der Waals surface area contributed by atoms with E-state index in [0.29, 0.717) is 6.54 Å². The van der Waals surface area contributed by atoms with Crippen LogP contribution in [0.15, 0.2) is 5.10 Å². The molecule has 19 heavy (non-hydrogen) atoms. The smallest absolute Gasteiger partial charge is 0.241 e. The van der Waals surface area contributed by atoms with E-state index in [9.17, 15) is 0 Å². The van der Waals surface area contributed by atoms with Gasteiger partial charge in [0.15, 0.2) is 5.62 Å². The van der Waals surface area contributed by atoms with Crippen molar-refractivity contribution in [3.63, 3.8) is 0 Å². The van der Waals surface area contributed by atoms with Crippen LogP contribution >= 0.6 is 69.6 Å². The maximum Gasteiger partial charge on any atom is 0.241 e. The first kappa shape index (κ1) is 18.1. The first-order valence-corrected chi connectivity index (χ1v) is 8.22. The van der Waals surface area contributed by atoms with Gasteiger partial charge in [-0.15, -0.1) is 0 Å². The lowest BCUT2D eigenvalue weighted by molar-refractivity contribution is 0.176. The Morgan fingerprint density at radius 2 is 1.74 bits per heavy atom. The summed E-state index contributed by atoms with van der Waals surface area (Å²) >= 11 is 35.6. The first-order valence-electron chi connectivity index (χ1n) is 5.89. The van der Waals surface area contributed by atoms with Crippen LogP contribution in [0.5, 0.6) is 0 Å². The summed E-state index contributed by atoms with van der Waals surface area (Å²) in [5, 5.41) is 5.79. The summed E-state index contributed by atoms with van der Waals surface area (Å²) in [5.41, 5.74) is -0.674. The van der Waals surface area contributed by atoms with Crippen LogP contribution in [0.25, 0.3) is 0 Å². The average Bonchev–Trinajstić information content (AvgIpc) is 2.65. The Morgan fingerprint density at radius 1 is 1.11 bits per heavy atom. The standard InChI is InChI=1S/C10H15Cl6N3/c1-2-3-4-5-6-19-8(11)18(7-17-19)10(15,16)9(12,13)14/h7-8H,2-6H2,1H3. The number of hydrazone groups is 1. The highest BCUT2D eigenvalue weighted by Gasteiger charge is 2.54. The molecule has 0 saturated carbocycles. The van der Waals surface area contributed by atoms with Crippen molar-refractivity contribution in [1.29, 1.82) is 0 Å². The summed E-state index contributed by atoms with van der Waals surface area (Å²) in [7, 11) is 0. The molecule has 0 aromatic heterocycles. The fourth-order valence-electron chi connectivity index (χ4n) is 1.59. The molecule has 1 rings (SSSR count). The van der Waals surface area contributed by atoms with Crippen molar-refractivity contribution in [2.24, 2.45) is 5.10 Å². The van der Waals surface area contributed by atoms with Gasteiger partial charge in [-0.05, 0) is 6.42 Å². The van der Waals surface area contributed by atoms with Gasteiger partial charge >= 0.3 is 0 Å². The molecule has 9 heteroatoms. The molecule has 0 amide bonds. The average molecular weight is 390 g/mol. The van der Waals surface area contributed by atoms with E-state index in [1.54, 1.807) is 5.01 Å². The molecule has 0 aliphatic carbocycles.